The summed E-state index contributed by atoms with van der Waals surface area (Å²) in [5.74, 6) is 0. The second kappa shape index (κ2) is 13.9. The molecule has 2 heteroatoms. The predicted molar refractivity (Wildman–Crippen MR) is 246 cm³/mol. The molecule has 0 N–H and O–H groups in total. The van der Waals surface area contributed by atoms with Crippen LogP contribution in [0, 0.1) is 0 Å². The molecule has 58 heavy (non-hydrogen) atoms. The van der Waals surface area contributed by atoms with Gasteiger partial charge in [0.15, 0.2) is 0 Å². The van der Waals surface area contributed by atoms with Crippen LogP contribution >= 0.6 is 0 Å². The van der Waals surface area contributed by atoms with Crippen LogP contribution in [0.2, 0.25) is 0 Å². The summed E-state index contributed by atoms with van der Waals surface area (Å²) < 4.78 is 0. The zero-order valence-corrected chi connectivity index (χ0v) is 33.5. The Hall–Kier alpha value is -6.90. The first-order valence-corrected chi connectivity index (χ1v) is 20.3. The van der Waals surface area contributed by atoms with Crippen LogP contribution in [0.15, 0.2) is 194 Å². The lowest BCUT2D eigenvalue weighted by molar-refractivity contribution is 0.632. The Bertz CT molecular complexity index is 2780. The highest BCUT2D eigenvalue weighted by Gasteiger charge is 2.38. The Morgan fingerprint density at radius 3 is 1.59 bits per heavy atom. The molecular weight excluding hydrogens is 701 g/mol. The lowest BCUT2D eigenvalue weighted by atomic mass is 9.73. The first kappa shape index (κ1) is 35.5. The van der Waals surface area contributed by atoms with Crippen molar-refractivity contribution in [3.05, 3.63) is 228 Å². The van der Waals surface area contributed by atoms with Crippen molar-refractivity contribution in [2.24, 2.45) is 0 Å². The largest absolute Gasteiger partial charge is 0.310 e. The van der Waals surface area contributed by atoms with Gasteiger partial charge >= 0.3 is 0 Å². The molecule has 1 aliphatic carbocycles. The average Bonchev–Trinajstić information content (AvgIpc) is 3.49. The zero-order chi connectivity index (χ0) is 39.4. The van der Waals surface area contributed by atoms with E-state index in [4.69, 9.17) is 0 Å². The van der Waals surface area contributed by atoms with Gasteiger partial charge in [-0.25, -0.2) is 0 Å². The molecular formula is C56H46N2. The molecule has 2 nitrogen and oxygen atoms in total. The van der Waals surface area contributed by atoms with E-state index in [-0.39, 0.29) is 10.8 Å². The quantitative estimate of drug-likeness (QED) is 0.150. The van der Waals surface area contributed by atoms with Gasteiger partial charge in [-0.05, 0) is 122 Å². The number of fused-ring (bicyclic) bond motifs is 5. The number of benzene rings is 8. The van der Waals surface area contributed by atoms with Crippen molar-refractivity contribution in [3.63, 3.8) is 0 Å². The van der Waals surface area contributed by atoms with Gasteiger partial charge in [-0.1, -0.05) is 167 Å². The van der Waals surface area contributed by atoms with E-state index in [0.717, 1.165) is 11.4 Å². The average molecular weight is 747 g/mol. The zero-order valence-electron chi connectivity index (χ0n) is 33.5. The van der Waals surface area contributed by atoms with Crippen molar-refractivity contribution in [2.45, 2.75) is 38.5 Å². The molecule has 280 valence electrons. The number of hydrogen-bond acceptors (Lipinski definition) is 2. The van der Waals surface area contributed by atoms with E-state index < -0.39 is 0 Å². The minimum atomic E-state index is -0.144. The lowest BCUT2D eigenvalue weighted by Gasteiger charge is -2.42. The second-order valence-electron chi connectivity index (χ2n) is 16.7. The van der Waals surface area contributed by atoms with Crippen LogP contribution in [-0.2, 0) is 10.8 Å². The van der Waals surface area contributed by atoms with E-state index in [1.165, 1.54) is 78.4 Å². The van der Waals surface area contributed by atoms with Crippen molar-refractivity contribution in [1.82, 2.24) is 0 Å². The maximum atomic E-state index is 2.41. The summed E-state index contributed by atoms with van der Waals surface area (Å²) in [6, 6.07) is 70.8. The molecule has 1 aliphatic heterocycles. The molecule has 0 saturated carbocycles. The predicted octanol–water partition coefficient (Wildman–Crippen LogP) is 15.4. The van der Waals surface area contributed by atoms with Gasteiger partial charge < -0.3 is 9.80 Å². The summed E-state index contributed by atoms with van der Waals surface area (Å²) in [7, 11) is 0. The summed E-state index contributed by atoms with van der Waals surface area (Å²) in [6.07, 6.45) is 4.49. The first-order valence-electron chi connectivity index (χ1n) is 20.3. The minimum absolute atomic E-state index is 0.144. The highest BCUT2D eigenvalue weighted by Crippen LogP contribution is 2.53. The van der Waals surface area contributed by atoms with E-state index in [2.05, 4.69) is 244 Å². The molecule has 0 fully saturated rings. The molecule has 10 rings (SSSR count). The van der Waals surface area contributed by atoms with Crippen LogP contribution in [0.25, 0.3) is 34.4 Å². The van der Waals surface area contributed by atoms with Crippen LogP contribution in [0.3, 0.4) is 0 Å². The molecule has 8 aromatic carbocycles. The van der Waals surface area contributed by atoms with Gasteiger partial charge in [0.05, 0.1) is 11.4 Å². The fourth-order valence-corrected chi connectivity index (χ4v) is 9.30. The molecule has 0 aromatic heterocycles. The van der Waals surface area contributed by atoms with Crippen molar-refractivity contribution in [1.29, 1.82) is 0 Å². The summed E-state index contributed by atoms with van der Waals surface area (Å²) in [5, 5.41) is 0. The van der Waals surface area contributed by atoms with Gasteiger partial charge in [0.25, 0.3) is 0 Å². The number of para-hydroxylation sites is 4. The minimum Gasteiger partial charge on any atom is -0.310 e. The summed E-state index contributed by atoms with van der Waals surface area (Å²) >= 11 is 0. The third-order valence-corrected chi connectivity index (χ3v) is 12.4. The highest BCUT2D eigenvalue weighted by molar-refractivity contribution is 5.89. The fraction of sp³-hybridized carbons (Fsp3) is 0.107. The number of anilines is 6. The Labute approximate surface area is 343 Å². The number of hydrogen-bond donors (Lipinski definition) is 0. The van der Waals surface area contributed by atoms with Crippen LogP contribution in [0.4, 0.5) is 34.1 Å². The third kappa shape index (κ3) is 5.96. The lowest BCUT2D eigenvalue weighted by Crippen LogP contribution is -2.30. The molecule has 0 unspecified atom stereocenters. The van der Waals surface area contributed by atoms with E-state index in [0.29, 0.717) is 0 Å². The maximum Gasteiger partial charge on any atom is 0.0503 e. The van der Waals surface area contributed by atoms with Crippen LogP contribution < -0.4 is 9.80 Å². The van der Waals surface area contributed by atoms with Gasteiger partial charge in [-0.3, -0.25) is 0 Å². The monoisotopic (exact) mass is 746 g/mol. The molecule has 0 atom stereocenters. The molecule has 0 amide bonds. The highest BCUT2D eigenvalue weighted by atomic mass is 15.2. The molecule has 1 heterocycles. The summed E-state index contributed by atoms with van der Waals surface area (Å²) in [4.78, 5) is 4.76. The maximum absolute atomic E-state index is 2.41. The van der Waals surface area contributed by atoms with E-state index in [9.17, 15) is 0 Å². The molecule has 0 radical (unpaired) electrons. The smallest absolute Gasteiger partial charge is 0.0503 e. The van der Waals surface area contributed by atoms with Gasteiger partial charge in [0.1, 0.15) is 0 Å². The normalized spacial score (nSPS) is 14.4. The summed E-state index contributed by atoms with van der Waals surface area (Å²) in [6.45, 7) is 9.43. The van der Waals surface area contributed by atoms with Crippen molar-refractivity contribution >= 4 is 46.3 Å². The van der Waals surface area contributed by atoms with Crippen LogP contribution in [0.5, 0.6) is 0 Å². The summed E-state index contributed by atoms with van der Waals surface area (Å²) in [5.41, 5.74) is 19.7. The van der Waals surface area contributed by atoms with Gasteiger partial charge in [0, 0.05) is 33.6 Å². The van der Waals surface area contributed by atoms with Gasteiger partial charge in [-0.2, -0.15) is 0 Å². The van der Waals surface area contributed by atoms with Crippen molar-refractivity contribution < 1.29 is 0 Å². The van der Waals surface area contributed by atoms with E-state index in [1.54, 1.807) is 0 Å². The van der Waals surface area contributed by atoms with E-state index in [1.807, 2.05) is 0 Å². The molecule has 0 saturated heterocycles. The molecule has 0 bridgehead atoms. The van der Waals surface area contributed by atoms with E-state index >= 15 is 0 Å². The SMILES string of the molecule is CC1(C)c2cc(/C=C/c3ccc(-c4ccc5c(c4)C(C)(C)c4ccccc4N5c4ccccc4)cc3)ccc2-c2ccc(N(c3ccccc3)c3ccccc3)cc21. The third-order valence-electron chi connectivity index (χ3n) is 12.4. The molecule has 0 spiro atoms. The molecule has 8 aromatic rings. The van der Waals surface area contributed by atoms with Gasteiger partial charge in [-0.15, -0.1) is 0 Å². The standard InChI is InChI=1S/C56H46N2/c1-55(2)49-22-14-15-23-53(49)58(45-20-12-7-13-21-45)54-35-31-42(37-52(54)55)41-29-26-39(27-30-41)24-25-40-28-33-47-48-34-32-46(38-51(48)56(3,4)50(47)36-40)57(43-16-8-5-9-17-43)44-18-10-6-11-19-44/h5-38H,1-4H3/b25-24+. The first-order chi connectivity index (χ1) is 28.3. The Kier molecular flexibility index (Phi) is 8.53. The van der Waals surface area contributed by atoms with Crippen molar-refractivity contribution in [2.75, 3.05) is 9.80 Å². The van der Waals surface area contributed by atoms with Crippen LogP contribution in [-0.4, -0.2) is 0 Å². The Morgan fingerprint density at radius 1 is 0.379 bits per heavy atom. The topological polar surface area (TPSA) is 6.48 Å². The fourth-order valence-electron chi connectivity index (χ4n) is 9.30. The number of rotatable bonds is 7. The van der Waals surface area contributed by atoms with Crippen LogP contribution in [0.1, 0.15) is 61.1 Å². The molecule has 2 aliphatic rings. The Balaban J connectivity index is 0.918. The second-order valence-corrected chi connectivity index (χ2v) is 16.7. The Morgan fingerprint density at radius 2 is 0.897 bits per heavy atom. The van der Waals surface area contributed by atoms with Gasteiger partial charge in [0.2, 0.25) is 0 Å². The van der Waals surface area contributed by atoms with Crippen molar-refractivity contribution in [3.8, 4) is 22.3 Å². The number of nitrogens with zero attached hydrogens (tertiary/aromatic N) is 2.